The van der Waals surface area contributed by atoms with E-state index >= 15 is 0 Å². The fourth-order valence-electron chi connectivity index (χ4n) is 6.78. The van der Waals surface area contributed by atoms with Gasteiger partial charge in [-0.25, -0.2) is 4.79 Å². The Morgan fingerprint density at radius 1 is 0.537 bits per heavy atom. The highest BCUT2D eigenvalue weighted by Crippen LogP contribution is 2.09. The molecule has 0 aliphatic carbocycles. The molecule has 0 heterocycles. The molecular formula is C46H73N15O17S2. The van der Waals surface area contributed by atoms with Crippen LogP contribution < -0.4 is 76.1 Å². The number of primary amides is 1. The van der Waals surface area contributed by atoms with Crippen LogP contribution in [0, 0.1) is 5.92 Å². The number of hydrogen-bond acceptors (Lipinski definition) is 19. The number of amides is 11. The van der Waals surface area contributed by atoms with Crippen LogP contribution >= 0.6 is 25.3 Å². The van der Waals surface area contributed by atoms with E-state index in [0.717, 1.165) is 0 Å². The molecule has 0 radical (unpaired) electrons. The number of carboxylic acid groups (broad SMARTS) is 2. The first-order chi connectivity index (χ1) is 37.7. The first-order valence-electron chi connectivity index (χ1n) is 24.7. The van der Waals surface area contributed by atoms with Gasteiger partial charge in [0, 0.05) is 37.3 Å². The molecule has 446 valence electrons. The van der Waals surface area contributed by atoms with Gasteiger partial charge in [0.05, 0.1) is 32.3 Å². The van der Waals surface area contributed by atoms with Crippen LogP contribution in [0.15, 0.2) is 35.3 Å². The molecule has 0 aliphatic heterocycles. The summed E-state index contributed by atoms with van der Waals surface area (Å²) in [7, 11) is 0. The average Bonchev–Trinajstić information content (AvgIpc) is 3.40. The van der Waals surface area contributed by atoms with Crippen LogP contribution in [-0.4, -0.2) is 202 Å². The number of nitrogens with one attached hydrogen (secondary N) is 10. The van der Waals surface area contributed by atoms with E-state index in [9.17, 15) is 82.8 Å². The third-order valence-corrected chi connectivity index (χ3v) is 11.9. The van der Waals surface area contributed by atoms with Gasteiger partial charge >= 0.3 is 11.9 Å². The normalized spacial score (nSPS) is 14.2. The summed E-state index contributed by atoms with van der Waals surface area (Å²) in [6.45, 7) is -0.831. The zero-order valence-corrected chi connectivity index (χ0v) is 45.6. The van der Waals surface area contributed by atoms with E-state index in [1.807, 2.05) is 0 Å². The van der Waals surface area contributed by atoms with E-state index in [1.165, 1.54) is 13.8 Å². The number of aliphatic carboxylic acids is 2. The molecule has 80 heavy (non-hydrogen) atoms. The first kappa shape index (κ1) is 70.2. The van der Waals surface area contributed by atoms with Gasteiger partial charge in [0.15, 0.2) is 5.96 Å². The Morgan fingerprint density at radius 3 is 1.48 bits per heavy atom. The maximum atomic E-state index is 13.8. The number of carboxylic acids is 2. The lowest BCUT2D eigenvalue weighted by Gasteiger charge is -2.28. The van der Waals surface area contributed by atoms with Crippen LogP contribution in [0.4, 0.5) is 0 Å². The number of thiol groups is 2. The van der Waals surface area contributed by atoms with Crippen molar-refractivity contribution >= 4 is 108 Å². The Balaban J connectivity index is 3.06. The SMILES string of the molecule is CC(C)[C@H](NC(=O)[C@H](CCCN=C(N)N)NC(=O)[C@H](CS)NC(=O)[C@@H](N)CCC(N)=O)C(=O)N[C@@H](CO)C(=O)N[C@@H](CCC(=O)O)C(=O)NCC(=O)N[C@@H](CO)C(=O)N[C@@H](CS)C(=O)NCC(=O)N[C@@H](Cc1ccccc1)C(=O)O. The number of carbonyl (C=O) groups excluding carboxylic acids is 11. The van der Waals surface area contributed by atoms with Crippen molar-refractivity contribution in [2.24, 2.45) is 33.8 Å². The van der Waals surface area contributed by atoms with Crippen LogP contribution in [0.2, 0.25) is 0 Å². The number of nitrogens with two attached hydrogens (primary N) is 4. The van der Waals surface area contributed by atoms with Crippen molar-refractivity contribution in [2.75, 3.05) is 44.4 Å². The van der Waals surface area contributed by atoms with Crippen molar-refractivity contribution in [2.45, 2.75) is 113 Å². The number of rotatable bonds is 38. The van der Waals surface area contributed by atoms with Crippen LogP contribution in [0.25, 0.3) is 0 Å². The Bertz CT molecular complexity index is 2350. The number of aliphatic imine (C=N–C) groups is 1. The summed E-state index contributed by atoms with van der Waals surface area (Å²) in [5, 5.41) is 61.7. The van der Waals surface area contributed by atoms with Gasteiger partial charge in [-0.3, -0.25) is 62.5 Å². The molecular weight excluding hydrogens is 1100 g/mol. The summed E-state index contributed by atoms with van der Waals surface area (Å²) in [5.41, 5.74) is 22.3. The molecule has 32 nitrogen and oxygen atoms in total. The molecule has 0 bridgehead atoms. The summed E-state index contributed by atoms with van der Waals surface area (Å²) in [4.78, 5) is 170. The van der Waals surface area contributed by atoms with Gasteiger partial charge in [-0.2, -0.15) is 25.3 Å². The second-order valence-corrected chi connectivity index (χ2v) is 18.7. The highest BCUT2D eigenvalue weighted by Gasteiger charge is 2.35. The molecule has 34 heteroatoms. The molecule has 0 unspecified atom stereocenters. The Kier molecular flexibility index (Phi) is 32.6. The van der Waals surface area contributed by atoms with E-state index < -0.39 is 176 Å². The zero-order chi connectivity index (χ0) is 60.6. The molecule has 11 amide bonds. The number of nitrogens with zero attached hydrogens (tertiary/aromatic N) is 1. The lowest BCUT2D eigenvalue weighted by atomic mass is 10.0. The number of carbonyl (C=O) groups is 13. The summed E-state index contributed by atoms with van der Waals surface area (Å²) in [6.07, 6.45) is -1.78. The lowest BCUT2D eigenvalue weighted by Crippen LogP contribution is -2.61. The Labute approximate surface area is 469 Å². The van der Waals surface area contributed by atoms with Gasteiger partial charge in [-0.1, -0.05) is 44.2 Å². The van der Waals surface area contributed by atoms with Crippen molar-refractivity contribution in [1.82, 2.24) is 53.2 Å². The molecule has 0 aromatic heterocycles. The number of aliphatic hydroxyl groups is 2. The molecule has 22 N–H and O–H groups in total. The number of hydrogen-bond donors (Lipinski definition) is 20. The summed E-state index contributed by atoms with van der Waals surface area (Å²) >= 11 is 8.13. The molecule has 9 atom stereocenters. The third-order valence-electron chi connectivity index (χ3n) is 11.2. The molecule has 1 aromatic rings. The standard InChI is InChI=1S/C46H73N15O17S2/c1-22(2)36(61-40(72)25(9-6-14-51-46(49)50)56-43(75)31(21-80)59-37(69)24(47)10-12-32(48)64)44(76)58-29(19-63)42(74)57-26(11-13-35(67)68)38(70)52-17-34(66)55-28(18-62)41(73)60-30(20-79)39(71)53-16-33(65)54-27(45(77)78)15-23-7-4-3-5-8-23/h3-5,7-8,22,24-31,36,62-63,79-80H,6,9-21,47H2,1-2H3,(H2,48,64)(H,52,70)(H,53,71)(H,54,65)(H,55,66)(H,56,75)(H,57,74)(H,58,76)(H,59,69)(H,60,73)(H,61,72)(H,67,68)(H,77,78)(H4,49,50,51)/t24-,25-,26-,27-,28-,29-,30-,31-,36-/m0/s1. The van der Waals surface area contributed by atoms with Gasteiger partial charge in [0.25, 0.3) is 0 Å². The Hall–Kier alpha value is -7.82. The monoisotopic (exact) mass is 1170 g/mol. The second kappa shape index (κ2) is 37.1. The van der Waals surface area contributed by atoms with E-state index in [0.29, 0.717) is 5.56 Å². The topological polar surface area (TPSA) is 540 Å². The van der Waals surface area contributed by atoms with Crippen molar-refractivity contribution in [3.8, 4) is 0 Å². The fourth-order valence-corrected chi connectivity index (χ4v) is 7.30. The van der Waals surface area contributed by atoms with Gasteiger partial charge in [-0.05, 0) is 37.2 Å². The lowest BCUT2D eigenvalue weighted by molar-refractivity contribution is -0.141. The molecule has 1 rings (SSSR count). The van der Waals surface area contributed by atoms with Gasteiger partial charge in [0.1, 0.15) is 48.3 Å². The average molecular weight is 1170 g/mol. The second-order valence-electron chi connectivity index (χ2n) is 18.0. The van der Waals surface area contributed by atoms with Crippen molar-refractivity contribution in [3.63, 3.8) is 0 Å². The van der Waals surface area contributed by atoms with Gasteiger partial charge in [0.2, 0.25) is 65.0 Å². The summed E-state index contributed by atoms with van der Waals surface area (Å²) in [5.74, 6) is -15.3. The number of aliphatic hydroxyl groups excluding tert-OH is 2. The molecule has 0 aliphatic rings. The zero-order valence-electron chi connectivity index (χ0n) is 43.8. The van der Waals surface area contributed by atoms with E-state index in [1.54, 1.807) is 30.3 Å². The van der Waals surface area contributed by atoms with E-state index in [2.05, 4.69) is 83.4 Å². The summed E-state index contributed by atoms with van der Waals surface area (Å²) < 4.78 is 0. The van der Waals surface area contributed by atoms with E-state index in [4.69, 9.17) is 22.9 Å². The van der Waals surface area contributed by atoms with Crippen LogP contribution in [0.3, 0.4) is 0 Å². The molecule has 0 saturated heterocycles. The number of guanidine groups is 1. The minimum atomic E-state index is -1.85. The highest BCUT2D eigenvalue weighted by atomic mass is 32.1. The molecule has 0 fully saturated rings. The first-order valence-corrected chi connectivity index (χ1v) is 25.9. The fraction of sp³-hybridized carbons (Fsp3) is 0.565. The van der Waals surface area contributed by atoms with Crippen molar-refractivity contribution in [3.05, 3.63) is 35.9 Å². The predicted octanol–water partition coefficient (Wildman–Crippen LogP) is -8.56. The van der Waals surface area contributed by atoms with Crippen molar-refractivity contribution < 1.29 is 82.8 Å². The van der Waals surface area contributed by atoms with Crippen molar-refractivity contribution in [1.29, 1.82) is 0 Å². The minimum absolute atomic E-state index is 0.00304. The van der Waals surface area contributed by atoms with Crippen LogP contribution in [0.5, 0.6) is 0 Å². The van der Waals surface area contributed by atoms with Gasteiger partial charge < -0.3 is 96.5 Å². The molecule has 0 saturated carbocycles. The van der Waals surface area contributed by atoms with Crippen LogP contribution in [0.1, 0.15) is 57.9 Å². The molecule has 0 spiro atoms. The third kappa shape index (κ3) is 27.2. The van der Waals surface area contributed by atoms with Gasteiger partial charge in [-0.15, -0.1) is 0 Å². The summed E-state index contributed by atoms with van der Waals surface area (Å²) in [6, 6.07) is -5.23. The highest BCUT2D eigenvalue weighted by molar-refractivity contribution is 7.80. The smallest absolute Gasteiger partial charge is 0.326 e. The van der Waals surface area contributed by atoms with Crippen LogP contribution in [-0.2, 0) is 68.7 Å². The largest absolute Gasteiger partial charge is 0.481 e. The minimum Gasteiger partial charge on any atom is -0.481 e. The quantitative estimate of drug-likeness (QED) is 0.0127. The maximum absolute atomic E-state index is 13.8. The Morgan fingerprint density at radius 2 is 0.988 bits per heavy atom. The predicted molar refractivity (Wildman–Crippen MR) is 289 cm³/mol. The molecule has 1 aromatic carbocycles. The number of benzene rings is 1. The maximum Gasteiger partial charge on any atom is 0.326 e. The van der Waals surface area contributed by atoms with E-state index in [-0.39, 0.29) is 56.1 Å².